The van der Waals surface area contributed by atoms with Crippen LogP contribution in [0.4, 0.5) is 5.69 Å². The maximum atomic E-state index is 12.7. The Morgan fingerprint density at radius 3 is 2.62 bits per heavy atom. The van der Waals surface area contributed by atoms with Gasteiger partial charge in [-0.05, 0) is 43.0 Å². The van der Waals surface area contributed by atoms with Gasteiger partial charge in [0, 0.05) is 24.1 Å². The summed E-state index contributed by atoms with van der Waals surface area (Å²) in [7, 11) is -2.27. The fraction of sp³-hybridized carbons (Fsp3) is 0.278. The van der Waals surface area contributed by atoms with E-state index in [1.165, 1.54) is 23.9 Å². The van der Waals surface area contributed by atoms with Crippen LogP contribution in [0.1, 0.15) is 15.9 Å². The SMILES string of the molecule is COCCNC(=O)c1cc(S(=O)(=O)Nc2ccccc2SC)ccc1C. The largest absolute Gasteiger partial charge is 0.383 e. The Morgan fingerprint density at radius 1 is 1.19 bits per heavy atom. The molecule has 0 saturated heterocycles. The van der Waals surface area contributed by atoms with Crippen LogP contribution < -0.4 is 10.0 Å². The van der Waals surface area contributed by atoms with Crippen LogP contribution in [0, 0.1) is 6.92 Å². The summed E-state index contributed by atoms with van der Waals surface area (Å²) in [6.45, 7) is 2.50. The molecule has 0 radical (unpaired) electrons. The Balaban J connectivity index is 2.29. The van der Waals surface area contributed by atoms with Gasteiger partial charge in [-0.3, -0.25) is 9.52 Å². The number of nitrogens with one attached hydrogen (secondary N) is 2. The first-order valence-corrected chi connectivity index (χ1v) is 10.6. The van der Waals surface area contributed by atoms with Gasteiger partial charge in [-0.2, -0.15) is 0 Å². The Kier molecular flexibility index (Phi) is 7.07. The number of hydrogen-bond donors (Lipinski definition) is 2. The zero-order valence-corrected chi connectivity index (χ0v) is 16.5. The Hall–Kier alpha value is -2.03. The average molecular weight is 395 g/mol. The molecule has 2 aromatic rings. The first-order chi connectivity index (χ1) is 12.4. The maximum Gasteiger partial charge on any atom is 0.261 e. The molecule has 0 aromatic heterocycles. The lowest BCUT2D eigenvalue weighted by molar-refractivity contribution is 0.0936. The fourth-order valence-electron chi connectivity index (χ4n) is 2.31. The molecule has 0 atom stereocenters. The van der Waals surface area contributed by atoms with Crippen molar-refractivity contribution in [2.75, 3.05) is 31.2 Å². The maximum absolute atomic E-state index is 12.7. The summed E-state index contributed by atoms with van der Waals surface area (Å²) >= 11 is 1.45. The molecule has 0 saturated carbocycles. The minimum absolute atomic E-state index is 0.0379. The van der Waals surface area contributed by atoms with Gasteiger partial charge < -0.3 is 10.1 Å². The highest BCUT2D eigenvalue weighted by molar-refractivity contribution is 7.99. The van der Waals surface area contributed by atoms with E-state index in [1.807, 2.05) is 18.4 Å². The van der Waals surface area contributed by atoms with Crippen LogP contribution in [0.2, 0.25) is 0 Å². The van der Waals surface area contributed by atoms with E-state index in [0.29, 0.717) is 30.0 Å². The number of hydrogen-bond acceptors (Lipinski definition) is 5. The van der Waals surface area contributed by atoms with Crippen molar-refractivity contribution in [1.29, 1.82) is 0 Å². The van der Waals surface area contributed by atoms with E-state index in [9.17, 15) is 13.2 Å². The number of sulfonamides is 1. The fourth-order valence-corrected chi connectivity index (χ4v) is 4.03. The van der Waals surface area contributed by atoms with Gasteiger partial charge in [0.1, 0.15) is 0 Å². The van der Waals surface area contributed by atoms with Crippen LogP contribution in [-0.2, 0) is 14.8 Å². The summed E-state index contributed by atoms with van der Waals surface area (Å²) in [5, 5.41) is 2.70. The second kappa shape index (κ2) is 9.07. The molecular weight excluding hydrogens is 372 g/mol. The second-order valence-electron chi connectivity index (χ2n) is 5.53. The monoisotopic (exact) mass is 394 g/mol. The number of thioether (sulfide) groups is 1. The van der Waals surface area contributed by atoms with Gasteiger partial charge in [0.05, 0.1) is 17.2 Å². The number of amides is 1. The number of aryl methyl sites for hydroxylation is 1. The zero-order valence-electron chi connectivity index (χ0n) is 14.9. The highest BCUT2D eigenvalue weighted by atomic mass is 32.2. The summed E-state index contributed by atoms with van der Waals surface area (Å²) in [5.74, 6) is -0.332. The van der Waals surface area contributed by atoms with Crippen molar-refractivity contribution < 1.29 is 17.9 Å². The van der Waals surface area contributed by atoms with Crippen LogP contribution >= 0.6 is 11.8 Å². The molecule has 0 spiro atoms. The molecule has 2 aromatic carbocycles. The standard InChI is InChI=1S/C18H22N2O4S2/c1-13-8-9-14(12-15(13)18(21)19-10-11-24-2)26(22,23)20-16-6-4-5-7-17(16)25-3/h4-9,12,20H,10-11H2,1-3H3,(H,19,21). The molecule has 0 aliphatic carbocycles. The first-order valence-electron chi connectivity index (χ1n) is 7.92. The normalized spacial score (nSPS) is 11.2. The minimum Gasteiger partial charge on any atom is -0.383 e. The highest BCUT2D eigenvalue weighted by Crippen LogP contribution is 2.27. The summed E-state index contributed by atoms with van der Waals surface area (Å²) in [4.78, 5) is 13.2. The molecule has 140 valence electrons. The molecule has 6 nitrogen and oxygen atoms in total. The molecule has 0 fully saturated rings. The Morgan fingerprint density at radius 2 is 1.92 bits per heavy atom. The lowest BCUT2D eigenvalue weighted by Gasteiger charge is -2.13. The van der Waals surface area contributed by atoms with Crippen LogP contribution in [0.3, 0.4) is 0 Å². The van der Waals surface area contributed by atoms with Crippen LogP contribution in [0.15, 0.2) is 52.3 Å². The van der Waals surface area contributed by atoms with E-state index in [0.717, 1.165) is 4.90 Å². The summed E-state index contributed by atoms with van der Waals surface area (Å²) in [6, 6.07) is 11.7. The number of methoxy groups -OCH3 is 1. The van der Waals surface area contributed by atoms with Crippen molar-refractivity contribution in [2.24, 2.45) is 0 Å². The lowest BCUT2D eigenvalue weighted by atomic mass is 10.1. The molecule has 26 heavy (non-hydrogen) atoms. The van der Waals surface area contributed by atoms with E-state index < -0.39 is 10.0 Å². The minimum atomic E-state index is -3.81. The molecular formula is C18H22N2O4S2. The van der Waals surface area contributed by atoms with Crippen molar-refractivity contribution >= 4 is 33.4 Å². The van der Waals surface area contributed by atoms with Crippen molar-refractivity contribution in [3.8, 4) is 0 Å². The van der Waals surface area contributed by atoms with Crippen molar-refractivity contribution in [3.05, 3.63) is 53.6 Å². The van der Waals surface area contributed by atoms with Crippen molar-refractivity contribution in [1.82, 2.24) is 5.32 Å². The molecule has 0 unspecified atom stereocenters. The topological polar surface area (TPSA) is 84.5 Å². The van der Waals surface area contributed by atoms with Crippen LogP contribution in [0.5, 0.6) is 0 Å². The summed E-state index contributed by atoms with van der Waals surface area (Å²) in [6.07, 6.45) is 1.88. The molecule has 2 N–H and O–H groups in total. The predicted octanol–water partition coefficient (Wildman–Crippen LogP) is 2.89. The van der Waals surface area contributed by atoms with Crippen molar-refractivity contribution in [2.45, 2.75) is 16.7 Å². The Bertz CT molecular complexity index is 883. The van der Waals surface area contributed by atoms with Gasteiger partial charge in [-0.1, -0.05) is 18.2 Å². The molecule has 0 bridgehead atoms. The average Bonchev–Trinajstić information content (AvgIpc) is 2.62. The van der Waals surface area contributed by atoms with Gasteiger partial charge in [0.15, 0.2) is 0 Å². The van der Waals surface area contributed by atoms with E-state index in [1.54, 1.807) is 32.2 Å². The first kappa shape index (κ1) is 20.3. The number of anilines is 1. The predicted molar refractivity (Wildman–Crippen MR) is 104 cm³/mol. The van der Waals surface area contributed by atoms with Crippen molar-refractivity contribution in [3.63, 3.8) is 0 Å². The van der Waals surface area contributed by atoms with Gasteiger partial charge in [-0.15, -0.1) is 11.8 Å². The molecule has 2 rings (SSSR count). The quantitative estimate of drug-likeness (QED) is 0.531. The van der Waals surface area contributed by atoms with Crippen LogP contribution in [0.25, 0.3) is 0 Å². The molecule has 1 amide bonds. The third-order valence-electron chi connectivity index (χ3n) is 3.71. The number of carbonyl (C=O) groups excluding carboxylic acids is 1. The molecule has 0 aliphatic heterocycles. The number of benzene rings is 2. The molecule has 8 heteroatoms. The van der Waals surface area contributed by atoms with Gasteiger partial charge in [0.25, 0.3) is 15.9 Å². The second-order valence-corrected chi connectivity index (χ2v) is 8.06. The lowest BCUT2D eigenvalue weighted by Crippen LogP contribution is -2.28. The number of rotatable bonds is 8. The molecule has 0 aliphatic rings. The third kappa shape index (κ3) is 5.00. The third-order valence-corrected chi connectivity index (χ3v) is 5.87. The van der Waals surface area contributed by atoms with E-state index in [2.05, 4.69) is 10.0 Å². The highest BCUT2D eigenvalue weighted by Gasteiger charge is 2.19. The Labute approximate surface area is 158 Å². The summed E-state index contributed by atoms with van der Waals surface area (Å²) in [5.41, 5.74) is 1.53. The smallest absolute Gasteiger partial charge is 0.261 e. The van der Waals surface area contributed by atoms with E-state index in [-0.39, 0.29) is 10.8 Å². The summed E-state index contributed by atoms with van der Waals surface area (Å²) < 4.78 is 33.0. The number of ether oxygens (including phenoxy) is 1. The van der Waals surface area contributed by atoms with E-state index in [4.69, 9.17) is 4.74 Å². The van der Waals surface area contributed by atoms with Gasteiger partial charge in [-0.25, -0.2) is 8.42 Å². The molecule has 0 heterocycles. The van der Waals surface area contributed by atoms with Gasteiger partial charge in [0.2, 0.25) is 0 Å². The van der Waals surface area contributed by atoms with Crippen LogP contribution in [-0.4, -0.2) is 40.8 Å². The zero-order chi connectivity index (χ0) is 19.2. The number of para-hydroxylation sites is 1. The van der Waals surface area contributed by atoms with E-state index >= 15 is 0 Å². The number of carbonyl (C=O) groups is 1. The van der Waals surface area contributed by atoms with Gasteiger partial charge >= 0.3 is 0 Å².